The number of alkyl halides is 3. The van der Waals surface area contributed by atoms with Gasteiger partial charge in [0.2, 0.25) is 0 Å². The van der Waals surface area contributed by atoms with Gasteiger partial charge < -0.3 is 15.0 Å². The lowest BCUT2D eigenvalue weighted by Gasteiger charge is -2.40. The Labute approximate surface area is 113 Å². The van der Waals surface area contributed by atoms with Crippen molar-refractivity contribution in [1.82, 2.24) is 10.2 Å². The third-order valence-corrected chi connectivity index (χ3v) is 3.54. The molecule has 114 valence electrons. The van der Waals surface area contributed by atoms with E-state index >= 15 is 0 Å². The molecule has 3 nitrogen and oxygen atoms in total. The molecule has 0 saturated carbocycles. The van der Waals surface area contributed by atoms with Gasteiger partial charge in [0.05, 0.1) is 13.0 Å². The van der Waals surface area contributed by atoms with Crippen LogP contribution in [0.5, 0.6) is 0 Å². The van der Waals surface area contributed by atoms with Gasteiger partial charge in [-0.1, -0.05) is 6.92 Å². The molecule has 6 heteroatoms. The Kier molecular flexibility index (Phi) is 6.56. The average molecular weight is 282 g/mol. The summed E-state index contributed by atoms with van der Waals surface area (Å²) in [5, 5.41) is 3.31. The van der Waals surface area contributed by atoms with Gasteiger partial charge in [0, 0.05) is 31.7 Å². The Balaban J connectivity index is 2.46. The van der Waals surface area contributed by atoms with Crippen LogP contribution >= 0.6 is 0 Å². The average Bonchev–Trinajstić information content (AvgIpc) is 2.34. The van der Waals surface area contributed by atoms with Crippen LogP contribution in [0.2, 0.25) is 0 Å². The largest absolute Gasteiger partial charge is 0.390 e. The van der Waals surface area contributed by atoms with Gasteiger partial charge in [0.25, 0.3) is 0 Å². The van der Waals surface area contributed by atoms with Crippen molar-refractivity contribution in [3.05, 3.63) is 0 Å². The molecule has 0 amide bonds. The Morgan fingerprint density at radius 2 is 2.11 bits per heavy atom. The standard InChI is InChI=1S/C13H25F3N2O/c1-3-17-9-12(5-4-8-19-11-12)10-18(2)7-6-13(14,15)16/h17H,3-11H2,1-2H3. The van der Waals surface area contributed by atoms with Crippen molar-refractivity contribution in [2.24, 2.45) is 5.41 Å². The molecular formula is C13H25F3N2O. The van der Waals surface area contributed by atoms with Crippen LogP contribution < -0.4 is 5.32 Å². The van der Waals surface area contributed by atoms with Crippen LogP contribution in [0.1, 0.15) is 26.2 Å². The van der Waals surface area contributed by atoms with Gasteiger partial charge >= 0.3 is 6.18 Å². The fourth-order valence-corrected chi connectivity index (χ4v) is 2.59. The molecule has 1 heterocycles. The van der Waals surface area contributed by atoms with E-state index in [1.54, 1.807) is 11.9 Å². The highest BCUT2D eigenvalue weighted by Gasteiger charge is 2.35. The minimum Gasteiger partial charge on any atom is -0.381 e. The Bertz CT molecular complexity index is 253. The smallest absolute Gasteiger partial charge is 0.381 e. The van der Waals surface area contributed by atoms with Gasteiger partial charge in [-0.05, 0) is 26.4 Å². The summed E-state index contributed by atoms with van der Waals surface area (Å²) in [6.45, 7) is 5.81. The number of nitrogens with one attached hydrogen (secondary N) is 1. The maximum atomic E-state index is 12.2. The van der Waals surface area contributed by atoms with Crippen molar-refractivity contribution in [3.8, 4) is 0 Å². The number of hydrogen-bond donors (Lipinski definition) is 1. The number of hydrogen-bond acceptors (Lipinski definition) is 3. The summed E-state index contributed by atoms with van der Waals surface area (Å²) in [5.41, 5.74) is -0.0470. The van der Waals surface area contributed by atoms with Crippen molar-refractivity contribution >= 4 is 0 Å². The molecule has 1 aliphatic rings. The third-order valence-electron chi connectivity index (χ3n) is 3.54. The first-order valence-corrected chi connectivity index (χ1v) is 6.91. The lowest BCUT2D eigenvalue weighted by molar-refractivity contribution is -0.138. The molecule has 0 bridgehead atoms. The molecule has 1 N–H and O–H groups in total. The molecule has 0 radical (unpaired) electrons. The molecule has 0 aromatic rings. The molecular weight excluding hydrogens is 257 g/mol. The lowest BCUT2D eigenvalue weighted by Crippen LogP contribution is -2.48. The van der Waals surface area contributed by atoms with Gasteiger partial charge in [0.1, 0.15) is 0 Å². The van der Waals surface area contributed by atoms with Gasteiger partial charge in [-0.25, -0.2) is 0 Å². The summed E-state index contributed by atoms with van der Waals surface area (Å²) in [5.74, 6) is 0. The second-order valence-corrected chi connectivity index (χ2v) is 5.54. The minimum absolute atomic E-state index is 0.0470. The van der Waals surface area contributed by atoms with E-state index in [0.717, 1.165) is 32.5 Å². The summed E-state index contributed by atoms with van der Waals surface area (Å²) >= 11 is 0. The van der Waals surface area contributed by atoms with Crippen LogP contribution in [-0.2, 0) is 4.74 Å². The Morgan fingerprint density at radius 1 is 1.37 bits per heavy atom. The normalized spacial score (nSPS) is 24.9. The predicted octanol–water partition coefficient (Wildman–Crippen LogP) is 2.28. The highest BCUT2D eigenvalue weighted by molar-refractivity contribution is 4.86. The highest BCUT2D eigenvalue weighted by Crippen LogP contribution is 2.29. The van der Waals surface area contributed by atoms with Crippen LogP contribution in [0.15, 0.2) is 0 Å². The second-order valence-electron chi connectivity index (χ2n) is 5.54. The van der Waals surface area contributed by atoms with Gasteiger partial charge in [-0.3, -0.25) is 0 Å². The zero-order valence-electron chi connectivity index (χ0n) is 11.9. The number of nitrogens with zero attached hydrogens (tertiary/aromatic N) is 1. The van der Waals surface area contributed by atoms with Crippen molar-refractivity contribution in [2.45, 2.75) is 32.4 Å². The first-order valence-electron chi connectivity index (χ1n) is 6.91. The van der Waals surface area contributed by atoms with Crippen molar-refractivity contribution in [1.29, 1.82) is 0 Å². The van der Waals surface area contributed by atoms with Crippen LogP contribution in [0.4, 0.5) is 13.2 Å². The zero-order chi connectivity index (χ0) is 14.4. The molecule has 1 saturated heterocycles. The van der Waals surface area contributed by atoms with Gasteiger partial charge in [0.15, 0.2) is 0 Å². The summed E-state index contributed by atoms with van der Waals surface area (Å²) in [7, 11) is 1.76. The van der Waals surface area contributed by atoms with E-state index in [4.69, 9.17) is 4.74 Å². The molecule has 19 heavy (non-hydrogen) atoms. The molecule has 1 aliphatic heterocycles. The first kappa shape index (κ1) is 16.7. The molecule has 1 unspecified atom stereocenters. The molecule has 1 rings (SSSR count). The van der Waals surface area contributed by atoms with Crippen LogP contribution in [0, 0.1) is 5.41 Å². The van der Waals surface area contributed by atoms with E-state index in [0.29, 0.717) is 13.2 Å². The maximum absolute atomic E-state index is 12.2. The number of rotatable bonds is 7. The molecule has 0 aromatic carbocycles. The fourth-order valence-electron chi connectivity index (χ4n) is 2.59. The van der Waals surface area contributed by atoms with E-state index in [9.17, 15) is 13.2 Å². The van der Waals surface area contributed by atoms with E-state index in [2.05, 4.69) is 5.32 Å². The topological polar surface area (TPSA) is 24.5 Å². The van der Waals surface area contributed by atoms with Crippen molar-refractivity contribution in [2.75, 3.05) is 46.4 Å². The summed E-state index contributed by atoms with van der Waals surface area (Å²) < 4.78 is 42.2. The van der Waals surface area contributed by atoms with E-state index in [1.807, 2.05) is 6.92 Å². The van der Waals surface area contributed by atoms with Crippen molar-refractivity contribution < 1.29 is 17.9 Å². The van der Waals surface area contributed by atoms with Gasteiger partial charge in [-0.15, -0.1) is 0 Å². The first-order chi connectivity index (χ1) is 8.87. The van der Waals surface area contributed by atoms with Gasteiger partial charge in [-0.2, -0.15) is 13.2 Å². The lowest BCUT2D eigenvalue weighted by atomic mass is 9.81. The van der Waals surface area contributed by atoms with E-state index in [1.165, 1.54) is 0 Å². The quantitative estimate of drug-likeness (QED) is 0.775. The molecule has 1 atom stereocenters. The maximum Gasteiger partial charge on any atom is 0.390 e. The monoisotopic (exact) mass is 282 g/mol. The summed E-state index contributed by atoms with van der Waals surface area (Å²) in [6.07, 6.45) is -2.83. The zero-order valence-corrected chi connectivity index (χ0v) is 11.9. The summed E-state index contributed by atoms with van der Waals surface area (Å²) in [4.78, 5) is 1.78. The molecule has 0 aliphatic carbocycles. The SMILES string of the molecule is CCNCC1(CN(C)CCC(F)(F)F)CCCOC1. The molecule has 0 spiro atoms. The number of ether oxygens (including phenoxy) is 1. The third kappa shape index (κ3) is 6.58. The van der Waals surface area contributed by atoms with Crippen LogP contribution in [0.3, 0.4) is 0 Å². The minimum atomic E-state index is -4.08. The van der Waals surface area contributed by atoms with E-state index < -0.39 is 12.6 Å². The predicted molar refractivity (Wildman–Crippen MR) is 69.2 cm³/mol. The summed E-state index contributed by atoms with van der Waals surface area (Å²) in [6, 6.07) is 0. The second kappa shape index (κ2) is 7.45. The Hall–Kier alpha value is -0.330. The number of halogens is 3. The van der Waals surface area contributed by atoms with Crippen molar-refractivity contribution in [3.63, 3.8) is 0 Å². The molecule has 1 fully saturated rings. The van der Waals surface area contributed by atoms with E-state index in [-0.39, 0.29) is 12.0 Å². The fraction of sp³-hybridized carbons (Fsp3) is 1.00. The van der Waals surface area contributed by atoms with Crippen LogP contribution in [0.25, 0.3) is 0 Å². The Morgan fingerprint density at radius 3 is 2.63 bits per heavy atom. The molecule has 0 aromatic heterocycles. The van der Waals surface area contributed by atoms with Crippen LogP contribution in [-0.4, -0.2) is 57.5 Å². The highest BCUT2D eigenvalue weighted by atomic mass is 19.4.